The third-order valence-corrected chi connectivity index (χ3v) is 4.95. The summed E-state index contributed by atoms with van der Waals surface area (Å²) < 4.78 is 6.52. The molecule has 0 radical (unpaired) electrons. The average molecular weight is 381 g/mol. The molecule has 0 aliphatic carbocycles. The topological polar surface area (TPSA) is 51.2 Å². The van der Waals surface area contributed by atoms with Gasteiger partial charge in [-0.1, -0.05) is 28.1 Å². The second-order valence-electron chi connectivity index (χ2n) is 5.27. The van der Waals surface area contributed by atoms with Crippen LogP contribution in [0, 0.1) is 0 Å². The van der Waals surface area contributed by atoms with Crippen LogP contribution in [0.5, 0.6) is 0 Å². The van der Waals surface area contributed by atoms with Gasteiger partial charge in [-0.05, 0) is 25.0 Å². The Morgan fingerprint density at radius 1 is 1.50 bits per heavy atom. The molecule has 2 heterocycles. The Bertz CT molecular complexity index is 653. The van der Waals surface area contributed by atoms with E-state index in [4.69, 9.17) is 4.74 Å². The molecular formula is C16H17BrN2O2S. The van der Waals surface area contributed by atoms with E-state index in [0.717, 1.165) is 40.2 Å². The highest BCUT2D eigenvalue weighted by Gasteiger charge is 2.16. The number of ether oxygens (including phenoxy) is 1. The molecule has 1 saturated heterocycles. The van der Waals surface area contributed by atoms with E-state index in [-0.39, 0.29) is 12.0 Å². The molecule has 1 N–H and O–H groups in total. The van der Waals surface area contributed by atoms with Gasteiger partial charge in [0.1, 0.15) is 5.01 Å². The lowest BCUT2D eigenvalue weighted by Crippen LogP contribution is -2.32. The highest BCUT2D eigenvalue weighted by molar-refractivity contribution is 9.10. The van der Waals surface area contributed by atoms with Crippen molar-refractivity contribution in [1.82, 2.24) is 10.3 Å². The van der Waals surface area contributed by atoms with Gasteiger partial charge in [-0.25, -0.2) is 4.98 Å². The number of rotatable bonds is 5. The summed E-state index contributed by atoms with van der Waals surface area (Å²) in [6.45, 7) is 1.41. The highest BCUT2D eigenvalue weighted by Crippen LogP contribution is 2.26. The predicted octanol–water partition coefficient (Wildman–Crippen LogP) is 3.41. The van der Waals surface area contributed by atoms with Crippen molar-refractivity contribution >= 4 is 33.2 Å². The summed E-state index contributed by atoms with van der Waals surface area (Å²) in [7, 11) is 0. The Labute approximate surface area is 142 Å². The molecule has 0 saturated carbocycles. The number of benzene rings is 1. The first-order valence-electron chi connectivity index (χ1n) is 7.29. The van der Waals surface area contributed by atoms with E-state index in [1.807, 2.05) is 29.6 Å². The van der Waals surface area contributed by atoms with Crippen LogP contribution < -0.4 is 5.32 Å². The maximum atomic E-state index is 12.0. The number of aromatic nitrogens is 1. The van der Waals surface area contributed by atoms with Crippen molar-refractivity contribution in [3.8, 4) is 10.6 Å². The molecule has 1 atom stereocenters. The van der Waals surface area contributed by atoms with Gasteiger partial charge in [0.05, 0.1) is 18.2 Å². The number of carbonyl (C=O) groups is 1. The van der Waals surface area contributed by atoms with Crippen molar-refractivity contribution in [3.05, 3.63) is 39.8 Å². The molecule has 4 nitrogen and oxygen atoms in total. The first-order chi connectivity index (χ1) is 10.7. The first kappa shape index (κ1) is 15.6. The van der Waals surface area contributed by atoms with E-state index in [1.54, 1.807) is 11.3 Å². The predicted molar refractivity (Wildman–Crippen MR) is 90.9 cm³/mol. The van der Waals surface area contributed by atoms with Crippen LogP contribution in [0.4, 0.5) is 0 Å². The minimum Gasteiger partial charge on any atom is -0.376 e. The van der Waals surface area contributed by atoms with Crippen LogP contribution in [0.1, 0.15) is 18.5 Å². The second kappa shape index (κ2) is 7.35. The van der Waals surface area contributed by atoms with Crippen LogP contribution in [-0.4, -0.2) is 30.1 Å². The minimum atomic E-state index is 0.00147. The standard InChI is InChI=1S/C16H17BrN2O2S/c17-12-4-1-3-11(7-12)16-19-13(10-22-16)8-15(20)18-9-14-5-2-6-21-14/h1,3-4,7,10,14H,2,5-6,8-9H2,(H,18,20)/t14-/m0/s1. The first-order valence-corrected chi connectivity index (χ1v) is 8.96. The van der Waals surface area contributed by atoms with Crippen LogP contribution in [0.3, 0.4) is 0 Å². The second-order valence-corrected chi connectivity index (χ2v) is 7.04. The van der Waals surface area contributed by atoms with Crippen molar-refractivity contribution in [3.63, 3.8) is 0 Å². The fourth-order valence-corrected chi connectivity index (χ4v) is 3.62. The maximum absolute atomic E-state index is 12.0. The Hall–Kier alpha value is -1.24. The Morgan fingerprint density at radius 3 is 3.18 bits per heavy atom. The van der Waals surface area contributed by atoms with Gasteiger partial charge < -0.3 is 10.1 Å². The monoisotopic (exact) mass is 380 g/mol. The van der Waals surface area contributed by atoms with Crippen molar-refractivity contribution in [2.75, 3.05) is 13.2 Å². The lowest BCUT2D eigenvalue weighted by molar-refractivity contribution is -0.121. The van der Waals surface area contributed by atoms with Gasteiger partial charge in [0, 0.05) is 28.6 Å². The molecule has 1 aliphatic rings. The normalized spacial score (nSPS) is 17.6. The molecule has 0 bridgehead atoms. The molecule has 1 aromatic heterocycles. The summed E-state index contributed by atoms with van der Waals surface area (Å²) in [5, 5.41) is 5.80. The largest absolute Gasteiger partial charge is 0.376 e. The van der Waals surface area contributed by atoms with E-state index in [2.05, 4.69) is 26.2 Å². The van der Waals surface area contributed by atoms with Gasteiger partial charge in [-0.3, -0.25) is 4.79 Å². The lowest BCUT2D eigenvalue weighted by atomic mass is 10.2. The molecule has 3 rings (SSSR count). The Morgan fingerprint density at radius 2 is 2.41 bits per heavy atom. The number of hydrogen-bond acceptors (Lipinski definition) is 4. The molecule has 1 aromatic carbocycles. The molecule has 1 fully saturated rings. The van der Waals surface area contributed by atoms with Crippen LogP contribution >= 0.6 is 27.3 Å². The van der Waals surface area contributed by atoms with Crippen LogP contribution in [-0.2, 0) is 16.0 Å². The summed E-state index contributed by atoms with van der Waals surface area (Å²) >= 11 is 5.02. The van der Waals surface area contributed by atoms with E-state index in [0.29, 0.717) is 13.0 Å². The minimum absolute atomic E-state index is 0.00147. The summed E-state index contributed by atoms with van der Waals surface area (Å²) in [5.41, 5.74) is 1.87. The van der Waals surface area contributed by atoms with Crippen molar-refractivity contribution in [1.29, 1.82) is 0 Å². The van der Waals surface area contributed by atoms with Gasteiger partial charge >= 0.3 is 0 Å². The zero-order chi connectivity index (χ0) is 15.4. The van der Waals surface area contributed by atoms with Crippen molar-refractivity contribution in [2.45, 2.75) is 25.4 Å². The third-order valence-electron chi connectivity index (χ3n) is 3.52. The third kappa shape index (κ3) is 4.15. The summed E-state index contributed by atoms with van der Waals surface area (Å²) in [4.78, 5) is 16.5. The van der Waals surface area contributed by atoms with Crippen LogP contribution in [0.15, 0.2) is 34.1 Å². The van der Waals surface area contributed by atoms with Gasteiger partial charge in [0.15, 0.2) is 0 Å². The Kier molecular flexibility index (Phi) is 5.23. The van der Waals surface area contributed by atoms with E-state index >= 15 is 0 Å². The van der Waals surface area contributed by atoms with Gasteiger partial charge in [-0.2, -0.15) is 0 Å². The molecule has 0 spiro atoms. The lowest BCUT2D eigenvalue weighted by Gasteiger charge is -2.09. The summed E-state index contributed by atoms with van der Waals surface area (Å²) in [5.74, 6) is 0.00147. The number of nitrogens with one attached hydrogen (secondary N) is 1. The Balaban J connectivity index is 1.55. The molecule has 2 aromatic rings. The van der Waals surface area contributed by atoms with Crippen LogP contribution in [0.2, 0.25) is 0 Å². The number of hydrogen-bond donors (Lipinski definition) is 1. The summed E-state index contributed by atoms with van der Waals surface area (Å²) in [6.07, 6.45) is 2.61. The number of nitrogens with zero attached hydrogens (tertiary/aromatic N) is 1. The number of amides is 1. The average Bonchev–Trinajstić information content (AvgIpc) is 3.16. The van der Waals surface area contributed by atoms with Gasteiger partial charge in [0.25, 0.3) is 0 Å². The molecule has 22 heavy (non-hydrogen) atoms. The molecule has 116 valence electrons. The zero-order valence-electron chi connectivity index (χ0n) is 12.0. The molecule has 6 heteroatoms. The van der Waals surface area contributed by atoms with Gasteiger partial charge in [0.2, 0.25) is 5.91 Å². The van der Waals surface area contributed by atoms with E-state index < -0.39 is 0 Å². The van der Waals surface area contributed by atoms with E-state index in [1.165, 1.54) is 0 Å². The van der Waals surface area contributed by atoms with Crippen LogP contribution in [0.25, 0.3) is 10.6 Å². The highest BCUT2D eigenvalue weighted by atomic mass is 79.9. The van der Waals surface area contributed by atoms with Crippen molar-refractivity contribution in [2.24, 2.45) is 0 Å². The van der Waals surface area contributed by atoms with E-state index in [9.17, 15) is 4.79 Å². The SMILES string of the molecule is O=C(Cc1csc(-c2cccc(Br)c2)n1)NC[C@@H]1CCCO1. The molecule has 0 unspecified atom stereocenters. The molecule has 1 aliphatic heterocycles. The molecule has 1 amide bonds. The number of thiazole rings is 1. The number of carbonyl (C=O) groups excluding carboxylic acids is 1. The van der Waals surface area contributed by atoms with Crippen molar-refractivity contribution < 1.29 is 9.53 Å². The summed E-state index contributed by atoms with van der Waals surface area (Å²) in [6, 6.07) is 8.01. The fraction of sp³-hybridized carbons (Fsp3) is 0.375. The quantitative estimate of drug-likeness (QED) is 0.864. The fourth-order valence-electron chi connectivity index (χ4n) is 2.40. The maximum Gasteiger partial charge on any atom is 0.226 e. The molecular weight excluding hydrogens is 364 g/mol. The smallest absolute Gasteiger partial charge is 0.226 e. The number of halogens is 1. The zero-order valence-corrected chi connectivity index (χ0v) is 14.5. The van der Waals surface area contributed by atoms with Gasteiger partial charge in [-0.15, -0.1) is 11.3 Å².